The molecule has 0 saturated carbocycles. The molecule has 1 aliphatic carbocycles. The number of rotatable bonds is 0. The Morgan fingerprint density at radius 1 is 1.19 bits per heavy atom. The highest BCUT2D eigenvalue weighted by Gasteiger charge is 2.25. The molecule has 2 aliphatic rings. The second-order valence-electron chi connectivity index (χ2n) is 3.46. The van der Waals surface area contributed by atoms with Crippen molar-refractivity contribution in [3.63, 3.8) is 0 Å². The SMILES string of the molecule is CC.CC.CN1CC2=C(CCCC=C2)C1=O. The number of nitrogens with zero attached hydrogens (tertiary/aromatic N) is 1. The molecule has 2 rings (SSSR count). The zero-order valence-electron chi connectivity index (χ0n) is 11.3. The van der Waals surface area contributed by atoms with Gasteiger partial charge in [-0.1, -0.05) is 39.8 Å². The topological polar surface area (TPSA) is 20.3 Å². The summed E-state index contributed by atoms with van der Waals surface area (Å²) in [5.41, 5.74) is 2.28. The molecule has 0 bridgehead atoms. The van der Waals surface area contributed by atoms with Crippen molar-refractivity contribution in [2.75, 3.05) is 13.6 Å². The quantitative estimate of drug-likeness (QED) is 0.615. The van der Waals surface area contributed by atoms with Crippen LogP contribution in [0.1, 0.15) is 47.0 Å². The molecule has 2 nitrogen and oxygen atoms in total. The predicted octanol–water partition coefficient (Wildman–Crippen LogP) is 3.55. The maximum Gasteiger partial charge on any atom is 0.250 e. The normalized spacial score (nSPS) is 18.1. The van der Waals surface area contributed by atoms with Crippen LogP contribution in [-0.4, -0.2) is 24.4 Å². The lowest BCUT2D eigenvalue weighted by Gasteiger charge is -2.08. The van der Waals surface area contributed by atoms with Gasteiger partial charge in [-0.2, -0.15) is 0 Å². The highest BCUT2D eigenvalue weighted by Crippen LogP contribution is 2.26. The van der Waals surface area contributed by atoms with E-state index < -0.39 is 0 Å². The van der Waals surface area contributed by atoms with Gasteiger partial charge in [0, 0.05) is 19.2 Å². The number of allylic oxidation sites excluding steroid dienone is 1. The first-order valence-electron chi connectivity index (χ1n) is 6.43. The van der Waals surface area contributed by atoms with Crippen LogP contribution in [0.4, 0.5) is 0 Å². The van der Waals surface area contributed by atoms with Crippen LogP contribution in [0.2, 0.25) is 0 Å². The molecule has 0 spiro atoms. The Hall–Kier alpha value is -1.05. The third kappa shape index (κ3) is 3.51. The van der Waals surface area contributed by atoms with Crippen LogP contribution in [0.25, 0.3) is 0 Å². The van der Waals surface area contributed by atoms with Crippen molar-refractivity contribution in [1.82, 2.24) is 4.90 Å². The zero-order chi connectivity index (χ0) is 12.6. The molecule has 1 aliphatic heterocycles. The Morgan fingerprint density at radius 2 is 1.81 bits per heavy atom. The van der Waals surface area contributed by atoms with Crippen LogP contribution in [0.3, 0.4) is 0 Å². The first-order valence-corrected chi connectivity index (χ1v) is 6.43. The summed E-state index contributed by atoms with van der Waals surface area (Å²) in [4.78, 5) is 13.3. The molecule has 0 radical (unpaired) electrons. The number of carbonyl (C=O) groups excluding carboxylic acids is 1. The minimum Gasteiger partial charge on any atom is -0.338 e. The van der Waals surface area contributed by atoms with Gasteiger partial charge >= 0.3 is 0 Å². The maximum absolute atomic E-state index is 11.5. The van der Waals surface area contributed by atoms with Crippen LogP contribution >= 0.6 is 0 Å². The molecule has 0 N–H and O–H groups in total. The zero-order valence-corrected chi connectivity index (χ0v) is 11.3. The standard InChI is InChI=1S/C10H13NO.2C2H6/c1-11-7-8-5-3-2-4-6-9(8)10(11)12;2*1-2/h3,5H,2,4,6-7H2,1H3;2*1-2H3. The van der Waals surface area contributed by atoms with Crippen LogP contribution in [0.15, 0.2) is 23.3 Å². The molecule has 0 aromatic carbocycles. The fourth-order valence-electron chi connectivity index (χ4n) is 1.83. The van der Waals surface area contributed by atoms with Crippen molar-refractivity contribution in [3.05, 3.63) is 23.3 Å². The Morgan fingerprint density at radius 3 is 2.44 bits per heavy atom. The van der Waals surface area contributed by atoms with E-state index in [2.05, 4.69) is 12.2 Å². The number of amides is 1. The lowest BCUT2D eigenvalue weighted by molar-refractivity contribution is -0.124. The van der Waals surface area contributed by atoms with E-state index in [0.29, 0.717) is 0 Å². The van der Waals surface area contributed by atoms with Crippen molar-refractivity contribution < 1.29 is 4.79 Å². The third-order valence-electron chi connectivity index (χ3n) is 2.52. The average Bonchev–Trinajstić information content (AvgIpc) is 2.54. The molecule has 0 aromatic rings. The molecule has 0 aromatic heterocycles. The van der Waals surface area contributed by atoms with Gasteiger partial charge in [-0.3, -0.25) is 4.79 Å². The van der Waals surface area contributed by atoms with Gasteiger partial charge in [0.1, 0.15) is 0 Å². The molecule has 1 amide bonds. The summed E-state index contributed by atoms with van der Waals surface area (Å²) in [5.74, 6) is 0.233. The van der Waals surface area contributed by atoms with Gasteiger partial charge in [-0.05, 0) is 24.8 Å². The highest BCUT2D eigenvalue weighted by atomic mass is 16.2. The van der Waals surface area contributed by atoms with Gasteiger partial charge in [0.15, 0.2) is 0 Å². The van der Waals surface area contributed by atoms with Gasteiger partial charge < -0.3 is 4.90 Å². The average molecular weight is 223 g/mol. The fourth-order valence-corrected chi connectivity index (χ4v) is 1.83. The van der Waals surface area contributed by atoms with Crippen LogP contribution < -0.4 is 0 Å². The summed E-state index contributed by atoms with van der Waals surface area (Å²) in [7, 11) is 1.87. The summed E-state index contributed by atoms with van der Waals surface area (Å²) < 4.78 is 0. The van der Waals surface area contributed by atoms with E-state index in [-0.39, 0.29) is 5.91 Å². The lowest BCUT2D eigenvalue weighted by Crippen LogP contribution is -2.21. The first kappa shape index (κ1) is 14.9. The van der Waals surface area contributed by atoms with Crippen molar-refractivity contribution in [3.8, 4) is 0 Å². The summed E-state index contributed by atoms with van der Waals surface area (Å²) in [6.45, 7) is 8.81. The maximum atomic E-state index is 11.5. The molecule has 92 valence electrons. The number of carbonyl (C=O) groups is 1. The lowest BCUT2D eigenvalue weighted by atomic mass is 10.1. The molecule has 1 heterocycles. The van der Waals surface area contributed by atoms with Gasteiger partial charge in [0.25, 0.3) is 0 Å². The van der Waals surface area contributed by atoms with E-state index >= 15 is 0 Å². The minimum absolute atomic E-state index is 0.233. The van der Waals surface area contributed by atoms with Gasteiger partial charge in [0.2, 0.25) is 5.91 Å². The van der Waals surface area contributed by atoms with Gasteiger partial charge in [-0.15, -0.1) is 0 Å². The van der Waals surface area contributed by atoms with E-state index in [1.165, 1.54) is 5.57 Å². The number of hydrogen-bond acceptors (Lipinski definition) is 1. The molecule has 2 heteroatoms. The van der Waals surface area contributed by atoms with Gasteiger partial charge in [-0.25, -0.2) is 0 Å². The first-order chi connectivity index (χ1) is 7.79. The van der Waals surface area contributed by atoms with E-state index in [1.807, 2.05) is 34.7 Å². The Balaban J connectivity index is 0.000000509. The number of likely N-dealkylation sites (N-methyl/N-ethyl adjacent to an activating group) is 1. The molecule has 0 saturated heterocycles. The fraction of sp³-hybridized carbons (Fsp3) is 0.643. The molecule has 16 heavy (non-hydrogen) atoms. The van der Waals surface area contributed by atoms with Crippen LogP contribution in [0, 0.1) is 0 Å². The summed E-state index contributed by atoms with van der Waals surface area (Å²) in [6.07, 6.45) is 7.49. The van der Waals surface area contributed by atoms with Crippen molar-refractivity contribution in [2.24, 2.45) is 0 Å². The predicted molar refractivity (Wildman–Crippen MR) is 70.4 cm³/mol. The third-order valence-corrected chi connectivity index (χ3v) is 2.52. The second-order valence-corrected chi connectivity index (χ2v) is 3.46. The van der Waals surface area contributed by atoms with Crippen molar-refractivity contribution >= 4 is 5.91 Å². The van der Waals surface area contributed by atoms with Gasteiger partial charge in [0.05, 0.1) is 0 Å². The Kier molecular flexibility index (Phi) is 7.61. The Bertz CT molecular complexity index is 276. The molecule has 0 fully saturated rings. The Labute approximate surface area is 100 Å². The summed E-state index contributed by atoms with van der Waals surface area (Å²) in [5, 5.41) is 0. The van der Waals surface area contributed by atoms with Crippen LogP contribution in [0.5, 0.6) is 0 Å². The largest absolute Gasteiger partial charge is 0.338 e. The summed E-state index contributed by atoms with van der Waals surface area (Å²) >= 11 is 0. The smallest absolute Gasteiger partial charge is 0.250 e. The van der Waals surface area contributed by atoms with E-state index in [4.69, 9.17) is 0 Å². The summed E-state index contributed by atoms with van der Waals surface area (Å²) in [6, 6.07) is 0. The van der Waals surface area contributed by atoms with Crippen LogP contribution in [-0.2, 0) is 4.79 Å². The minimum atomic E-state index is 0.233. The second kappa shape index (κ2) is 8.14. The number of hydrogen-bond donors (Lipinski definition) is 0. The molecule has 0 atom stereocenters. The van der Waals surface area contributed by atoms with E-state index in [1.54, 1.807) is 4.90 Å². The molecule has 0 unspecified atom stereocenters. The molecular formula is C14H25NO. The highest BCUT2D eigenvalue weighted by molar-refractivity contribution is 5.97. The van der Waals surface area contributed by atoms with E-state index in [9.17, 15) is 4.79 Å². The van der Waals surface area contributed by atoms with E-state index in [0.717, 1.165) is 31.4 Å². The van der Waals surface area contributed by atoms with Crippen molar-refractivity contribution in [2.45, 2.75) is 47.0 Å². The van der Waals surface area contributed by atoms with Crippen molar-refractivity contribution in [1.29, 1.82) is 0 Å². The monoisotopic (exact) mass is 223 g/mol. The molecular weight excluding hydrogens is 198 g/mol.